The highest BCUT2D eigenvalue weighted by Gasteiger charge is 2.08. The van der Waals surface area contributed by atoms with Crippen LogP contribution in [0.4, 0.5) is 0 Å². The lowest BCUT2D eigenvalue weighted by molar-refractivity contribution is -0.123. The summed E-state index contributed by atoms with van der Waals surface area (Å²) in [6.45, 7) is 5.33. The van der Waals surface area contributed by atoms with E-state index in [-0.39, 0.29) is 18.1 Å². The summed E-state index contributed by atoms with van der Waals surface area (Å²) < 4.78 is 5.46. The molecule has 0 aromatic heterocycles. The number of carbonyl (C=O) groups is 1. The summed E-state index contributed by atoms with van der Waals surface area (Å²) in [6.07, 6.45) is 0. The summed E-state index contributed by atoms with van der Waals surface area (Å²) in [6, 6.07) is 9.79. The van der Waals surface area contributed by atoms with Gasteiger partial charge in [-0.15, -0.1) is 0 Å². The Morgan fingerprint density at radius 3 is 2.62 bits per heavy atom. The number of benzene rings is 2. The topological polar surface area (TPSA) is 91.2 Å². The Kier molecular flexibility index (Phi) is 5.42. The molecule has 2 rings (SSSR count). The number of aryl methyl sites for hydroxylation is 2. The lowest BCUT2D eigenvalue weighted by Crippen LogP contribution is -2.25. The maximum atomic E-state index is 11.8. The van der Waals surface area contributed by atoms with Gasteiger partial charge < -0.3 is 14.9 Å². The molecule has 1 amide bonds. The summed E-state index contributed by atoms with van der Waals surface area (Å²) in [5.41, 5.74) is 5.13. The molecule has 0 radical (unpaired) electrons. The van der Waals surface area contributed by atoms with Crippen molar-refractivity contribution in [3.63, 3.8) is 0 Å². The molecule has 2 aromatic rings. The third-order valence-corrected chi connectivity index (χ3v) is 3.41. The van der Waals surface area contributed by atoms with Crippen molar-refractivity contribution in [1.29, 1.82) is 0 Å². The molecule has 0 aliphatic carbocycles. The molecule has 0 bridgehead atoms. The Bertz CT molecular complexity index is 785. The first-order valence-corrected chi connectivity index (χ1v) is 7.42. The van der Waals surface area contributed by atoms with Crippen molar-refractivity contribution in [3.05, 3.63) is 53.1 Å². The Morgan fingerprint density at radius 2 is 1.92 bits per heavy atom. The smallest absolute Gasteiger partial charge is 0.277 e. The highest BCUT2D eigenvalue weighted by molar-refractivity contribution is 6.01. The van der Waals surface area contributed by atoms with Crippen LogP contribution in [0.1, 0.15) is 23.6 Å². The summed E-state index contributed by atoms with van der Waals surface area (Å²) in [4.78, 5) is 11.8. The van der Waals surface area contributed by atoms with Gasteiger partial charge in [0.15, 0.2) is 6.61 Å². The zero-order valence-corrected chi connectivity index (χ0v) is 13.8. The molecule has 0 aliphatic rings. The predicted octanol–water partition coefficient (Wildman–Crippen LogP) is 2.63. The molecule has 0 fully saturated rings. The van der Waals surface area contributed by atoms with Gasteiger partial charge in [-0.1, -0.05) is 17.7 Å². The number of phenols is 2. The van der Waals surface area contributed by atoms with Crippen LogP contribution in [-0.2, 0) is 4.79 Å². The van der Waals surface area contributed by atoms with E-state index in [9.17, 15) is 15.0 Å². The van der Waals surface area contributed by atoms with Gasteiger partial charge in [0.1, 0.15) is 17.2 Å². The number of amides is 1. The number of rotatable bonds is 5. The molecule has 3 N–H and O–H groups in total. The first-order valence-electron chi connectivity index (χ1n) is 7.42. The third-order valence-electron chi connectivity index (χ3n) is 3.41. The second-order valence-corrected chi connectivity index (χ2v) is 5.49. The largest absolute Gasteiger partial charge is 0.508 e. The average Bonchev–Trinajstić information content (AvgIpc) is 2.54. The van der Waals surface area contributed by atoms with Crippen LogP contribution < -0.4 is 10.2 Å². The van der Waals surface area contributed by atoms with E-state index in [1.54, 1.807) is 6.92 Å². The number of hydrogen-bond donors (Lipinski definition) is 3. The van der Waals surface area contributed by atoms with Crippen molar-refractivity contribution in [2.45, 2.75) is 20.8 Å². The SMILES string of the molecule is C/C(=N\NC(=O)COc1ccc(C)cc1C)c1cc(O)ccc1O. The van der Waals surface area contributed by atoms with Gasteiger partial charge in [-0.05, 0) is 50.6 Å². The lowest BCUT2D eigenvalue weighted by atomic mass is 10.1. The van der Waals surface area contributed by atoms with Crippen LogP contribution in [-0.4, -0.2) is 28.4 Å². The molecule has 2 aromatic carbocycles. The highest BCUT2D eigenvalue weighted by Crippen LogP contribution is 2.22. The number of nitrogens with zero attached hydrogens (tertiary/aromatic N) is 1. The van der Waals surface area contributed by atoms with E-state index in [0.717, 1.165) is 11.1 Å². The minimum absolute atomic E-state index is 0.00172. The van der Waals surface area contributed by atoms with Gasteiger partial charge >= 0.3 is 0 Å². The van der Waals surface area contributed by atoms with E-state index >= 15 is 0 Å². The van der Waals surface area contributed by atoms with Crippen molar-refractivity contribution in [3.8, 4) is 17.2 Å². The molecular formula is C18H20N2O4. The van der Waals surface area contributed by atoms with Crippen LogP contribution >= 0.6 is 0 Å². The Balaban J connectivity index is 1.95. The zero-order chi connectivity index (χ0) is 17.7. The minimum Gasteiger partial charge on any atom is -0.508 e. The molecule has 0 heterocycles. The van der Waals surface area contributed by atoms with Gasteiger partial charge in [0.2, 0.25) is 0 Å². The molecule has 0 saturated carbocycles. The Hall–Kier alpha value is -3.02. The number of ether oxygens (including phenoxy) is 1. The molecule has 0 atom stereocenters. The molecule has 6 heteroatoms. The minimum atomic E-state index is -0.422. The predicted molar refractivity (Wildman–Crippen MR) is 91.5 cm³/mol. The van der Waals surface area contributed by atoms with Crippen molar-refractivity contribution in [2.24, 2.45) is 5.10 Å². The van der Waals surface area contributed by atoms with Crippen molar-refractivity contribution in [1.82, 2.24) is 5.43 Å². The Labute approximate surface area is 140 Å². The van der Waals surface area contributed by atoms with Gasteiger partial charge in [-0.25, -0.2) is 5.43 Å². The maximum Gasteiger partial charge on any atom is 0.277 e. The second kappa shape index (κ2) is 7.50. The molecule has 0 unspecified atom stereocenters. The molecule has 0 aliphatic heterocycles. The van der Waals surface area contributed by atoms with E-state index in [4.69, 9.17) is 4.74 Å². The fraction of sp³-hybridized carbons (Fsp3) is 0.222. The maximum absolute atomic E-state index is 11.8. The average molecular weight is 328 g/mol. The van der Waals surface area contributed by atoms with E-state index in [2.05, 4.69) is 10.5 Å². The first-order chi connectivity index (χ1) is 11.4. The normalized spacial score (nSPS) is 11.2. The molecular weight excluding hydrogens is 308 g/mol. The standard InChI is InChI=1S/C18H20N2O4/c1-11-4-7-17(12(2)8-11)24-10-18(23)20-19-13(3)15-9-14(21)5-6-16(15)22/h4-9,21-22H,10H2,1-3H3,(H,20,23)/b19-13+. The van der Waals surface area contributed by atoms with E-state index in [0.29, 0.717) is 17.0 Å². The number of carbonyl (C=O) groups excluding carboxylic acids is 1. The van der Waals surface area contributed by atoms with Gasteiger partial charge in [0.25, 0.3) is 5.91 Å². The summed E-state index contributed by atoms with van der Waals surface area (Å²) in [5, 5.41) is 23.1. The van der Waals surface area contributed by atoms with Crippen molar-refractivity contribution in [2.75, 3.05) is 6.61 Å². The summed E-state index contributed by atoms with van der Waals surface area (Å²) >= 11 is 0. The molecule has 6 nitrogen and oxygen atoms in total. The molecule has 24 heavy (non-hydrogen) atoms. The van der Waals surface area contributed by atoms with E-state index < -0.39 is 5.91 Å². The number of hydrazone groups is 1. The van der Waals surface area contributed by atoms with E-state index in [1.165, 1.54) is 18.2 Å². The number of hydrogen-bond acceptors (Lipinski definition) is 5. The fourth-order valence-electron chi connectivity index (χ4n) is 2.16. The quantitative estimate of drug-likeness (QED) is 0.447. The third kappa shape index (κ3) is 4.49. The van der Waals surface area contributed by atoms with E-state index in [1.807, 2.05) is 32.0 Å². The first kappa shape index (κ1) is 17.3. The van der Waals surface area contributed by atoms with Crippen LogP contribution in [0.25, 0.3) is 0 Å². The fourth-order valence-corrected chi connectivity index (χ4v) is 2.16. The van der Waals surface area contributed by atoms with Crippen LogP contribution in [0.15, 0.2) is 41.5 Å². The van der Waals surface area contributed by atoms with Crippen molar-refractivity contribution >= 4 is 11.6 Å². The Morgan fingerprint density at radius 1 is 1.17 bits per heavy atom. The van der Waals surface area contributed by atoms with Gasteiger partial charge in [0.05, 0.1) is 5.71 Å². The lowest BCUT2D eigenvalue weighted by Gasteiger charge is -2.09. The molecule has 0 saturated heterocycles. The monoisotopic (exact) mass is 328 g/mol. The second-order valence-electron chi connectivity index (χ2n) is 5.49. The van der Waals surface area contributed by atoms with Gasteiger partial charge in [-0.2, -0.15) is 5.10 Å². The van der Waals surface area contributed by atoms with Gasteiger partial charge in [0, 0.05) is 5.56 Å². The van der Waals surface area contributed by atoms with Crippen molar-refractivity contribution < 1.29 is 19.7 Å². The van der Waals surface area contributed by atoms with Gasteiger partial charge in [-0.3, -0.25) is 4.79 Å². The molecule has 0 spiro atoms. The summed E-state index contributed by atoms with van der Waals surface area (Å²) in [5.74, 6) is 0.188. The number of aromatic hydroxyl groups is 2. The number of nitrogens with one attached hydrogen (secondary N) is 1. The summed E-state index contributed by atoms with van der Waals surface area (Å²) in [7, 11) is 0. The van der Waals surface area contributed by atoms with Crippen LogP contribution in [0.5, 0.6) is 17.2 Å². The van der Waals surface area contributed by atoms with Crippen LogP contribution in [0.2, 0.25) is 0 Å². The zero-order valence-electron chi connectivity index (χ0n) is 13.8. The molecule has 126 valence electrons. The number of phenolic OH excluding ortho intramolecular Hbond substituents is 2. The van der Waals surface area contributed by atoms with Crippen LogP contribution in [0, 0.1) is 13.8 Å². The van der Waals surface area contributed by atoms with Crippen LogP contribution in [0.3, 0.4) is 0 Å². The highest BCUT2D eigenvalue weighted by atomic mass is 16.5.